The summed E-state index contributed by atoms with van der Waals surface area (Å²) in [5.41, 5.74) is 6.90. The quantitative estimate of drug-likeness (QED) is 0.0438. The van der Waals surface area contributed by atoms with Crippen molar-refractivity contribution in [3.8, 4) is 34.4 Å². The van der Waals surface area contributed by atoms with E-state index in [2.05, 4.69) is 49.3 Å². The Hall–Kier alpha value is -8.18. The third-order valence-corrected chi connectivity index (χ3v) is 13.9. The Kier molecular flexibility index (Phi) is 18.7. The van der Waals surface area contributed by atoms with Crippen molar-refractivity contribution in [3.05, 3.63) is 117 Å². The van der Waals surface area contributed by atoms with Crippen molar-refractivity contribution in [1.82, 2.24) is 44.6 Å². The second-order valence-corrected chi connectivity index (χ2v) is 20.4. The standard InChI is InChI=1S/C32H39N5O8.C25H28ClN5O2/c1-8-42-23(38)16-36(17-24(39)43-9-2)32(41)45-30-26(33-7)25(31(40)44-27-20(5)14-19(4)15-21(27)6)29-34-28(35-37(29)30)22-12-10-18(3)11-13-22;1-14-6-11-21(15(2)12-14)33-18(5)25(32)27-13-16(3)19-7-9-20(10-8-19)23-28-24-22(26)17(4)29-31(24)30-23/h10-13,19-21,27H,8-9,14-17H2,1-6H3,(H,34,35);6-12,16,18,29H,13H2,1-5H3,(H,27,32). The number of ether oxygens (including phenoxy) is 5. The molecule has 0 spiro atoms. The number of nitrogens with zero attached hydrogens (tertiary/aromatic N) is 7. The first-order valence-corrected chi connectivity index (χ1v) is 26.4. The van der Waals surface area contributed by atoms with E-state index in [1.807, 2.05) is 108 Å². The molecule has 0 saturated heterocycles. The molecule has 7 aromatic rings. The van der Waals surface area contributed by atoms with Gasteiger partial charge in [-0.3, -0.25) is 29.5 Å². The van der Waals surface area contributed by atoms with Gasteiger partial charge in [0.15, 0.2) is 29.0 Å². The van der Waals surface area contributed by atoms with E-state index in [-0.39, 0.29) is 65.8 Å². The van der Waals surface area contributed by atoms with E-state index in [9.17, 15) is 24.0 Å². The Morgan fingerprint density at radius 1 is 0.833 bits per heavy atom. The van der Waals surface area contributed by atoms with Gasteiger partial charge < -0.3 is 29.0 Å². The molecule has 1 aliphatic rings. The predicted molar refractivity (Wildman–Crippen MR) is 293 cm³/mol. The Morgan fingerprint density at radius 2 is 1.45 bits per heavy atom. The maximum atomic E-state index is 13.8. The first-order valence-electron chi connectivity index (χ1n) is 26.0. The SMILES string of the molecule is Cc1ccc(OC(C)C(=O)NCC(C)c2ccc(-c3nc4c(Cl)c(C)[nH]n4n3)cc2)c(C)c1.[C-]#[N+]c1c(C(=O)OC2C(C)CC(C)CC2C)c2nc(-c3ccc(C)cc3)[nH]n2c1OC(=O)N(CC(=O)OCC)CC(=O)OCC. The number of hydrogen-bond acceptors (Lipinski definition) is 13. The van der Waals surface area contributed by atoms with Crippen molar-refractivity contribution in [1.29, 1.82) is 0 Å². The maximum absolute atomic E-state index is 13.8. The molecule has 412 valence electrons. The maximum Gasteiger partial charge on any atom is 0.416 e. The Morgan fingerprint density at radius 3 is 2.04 bits per heavy atom. The van der Waals surface area contributed by atoms with Gasteiger partial charge in [0.25, 0.3) is 11.6 Å². The van der Waals surface area contributed by atoms with E-state index >= 15 is 0 Å². The van der Waals surface area contributed by atoms with Gasteiger partial charge in [0, 0.05) is 17.7 Å². The molecule has 4 aromatic heterocycles. The van der Waals surface area contributed by atoms with Gasteiger partial charge in [-0.15, -0.1) is 5.10 Å². The molecule has 4 heterocycles. The molecule has 0 aliphatic heterocycles. The van der Waals surface area contributed by atoms with Crippen LogP contribution in [0.2, 0.25) is 5.02 Å². The number of hydrogen-bond donors (Lipinski definition) is 3. The van der Waals surface area contributed by atoms with Gasteiger partial charge >= 0.3 is 24.0 Å². The van der Waals surface area contributed by atoms with Gasteiger partial charge in [-0.2, -0.15) is 4.63 Å². The molecular weight excluding hydrogens is 1020 g/mol. The number of benzene rings is 3. The highest BCUT2D eigenvalue weighted by molar-refractivity contribution is 6.34. The average molecular weight is 1090 g/mol. The van der Waals surface area contributed by atoms with Crippen LogP contribution in [0.3, 0.4) is 0 Å². The Labute approximate surface area is 457 Å². The Bertz CT molecular complexity index is 3300. The fraction of sp³-hybridized carbons (Fsp3) is 0.421. The summed E-state index contributed by atoms with van der Waals surface area (Å²) in [7, 11) is 0. The van der Waals surface area contributed by atoms with E-state index in [4.69, 9.17) is 41.9 Å². The van der Waals surface area contributed by atoms with Gasteiger partial charge in [0.1, 0.15) is 35.5 Å². The summed E-state index contributed by atoms with van der Waals surface area (Å²) in [6.45, 7) is 28.5. The minimum absolute atomic E-state index is 0.0243. The molecule has 1 fully saturated rings. The van der Waals surface area contributed by atoms with Crippen LogP contribution in [-0.2, 0) is 28.6 Å². The number of esters is 3. The number of aryl methyl sites for hydroxylation is 4. The van der Waals surface area contributed by atoms with Crippen LogP contribution in [0.15, 0.2) is 66.7 Å². The number of aromatic amines is 2. The summed E-state index contributed by atoms with van der Waals surface area (Å²) < 4.78 is 30.3. The summed E-state index contributed by atoms with van der Waals surface area (Å²) in [5, 5.41) is 14.1. The number of aromatic nitrogens is 7. The number of halogens is 1. The van der Waals surface area contributed by atoms with Crippen LogP contribution in [0.4, 0.5) is 10.5 Å². The summed E-state index contributed by atoms with van der Waals surface area (Å²) in [4.78, 5) is 77.8. The highest BCUT2D eigenvalue weighted by atomic mass is 35.5. The second-order valence-electron chi connectivity index (χ2n) is 20.0. The van der Waals surface area contributed by atoms with Crippen LogP contribution < -0.4 is 14.8 Å². The van der Waals surface area contributed by atoms with Gasteiger partial charge in [-0.25, -0.2) is 28.9 Å². The van der Waals surface area contributed by atoms with Gasteiger partial charge in [0.05, 0.1) is 25.5 Å². The molecular formula is C57H67ClN10O10. The van der Waals surface area contributed by atoms with Crippen LogP contribution in [0.25, 0.3) is 38.9 Å². The molecule has 0 bridgehead atoms. The van der Waals surface area contributed by atoms with Crippen molar-refractivity contribution in [2.24, 2.45) is 17.8 Å². The number of H-pyrrole nitrogens is 2. The first kappa shape index (κ1) is 57.5. The lowest BCUT2D eigenvalue weighted by atomic mass is 9.75. The number of nitrogens with one attached hydrogen (secondary N) is 3. The van der Waals surface area contributed by atoms with Crippen molar-refractivity contribution < 1.29 is 47.7 Å². The lowest BCUT2D eigenvalue weighted by molar-refractivity contribution is -0.147. The Balaban J connectivity index is 0.000000237. The highest BCUT2D eigenvalue weighted by Gasteiger charge is 2.38. The van der Waals surface area contributed by atoms with E-state index in [1.165, 1.54) is 4.52 Å². The number of fused-ring (bicyclic) bond motifs is 2. The summed E-state index contributed by atoms with van der Waals surface area (Å²) >= 11 is 6.25. The van der Waals surface area contributed by atoms with Crippen molar-refractivity contribution in [2.75, 3.05) is 32.8 Å². The number of rotatable bonds is 17. The molecule has 1 aliphatic carbocycles. The zero-order valence-corrected chi connectivity index (χ0v) is 46.6. The van der Waals surface area contributed by atoms with E-state index < -0.39 is 43.2 Å². The van der Waals surface area contributed by atoms with E-state index in [0.29, 0.717) is 40.3 Å². The molecule has 4 atom stereocenters. The van der Waals surface area contributed by atoms with Crippen molar-refractivity contribution in [2.45, 2.75) is 107 Å². The summed E-state index contributed by atoms with van der Waals surface area (Å²) in [6, 6.07) is 21.4. The summed E-state index contributed by atoms with van der Waals surface area (Å²) in [5.74, 6) is -0.301. The molecule has 3 N–H and O–H groups in total. The minimum atomic E-state index is -1.14. The fourth-order valence-electron chi connectivity index (χ4n) is 9.55. The normalized spacial score (nSPS) is 16.8. The molecule has 2 amide bonds. The predicted octanol–water partition coefficient (Wildman–Crippen LogP) is 10.3. The number of carbonyl (C=O) groups excluding carboxylic acids is 5. The molecule has 1 saturated carbocycles. The van der Waals surface area contributed by atoms with Crippen molar-refractivity contribution in [3.63, 3.8) is 0 Å². The topological polar surface area (TPSA) is 230 Å². The number of carbonyl (C=O) groups is 5. The zero-order valence-electron chi connectivity index (χ0n) is 45.9. The third kappa shape index (κ3) is 13.5. The monoisotopic (exact) mass is 1090 g/mol. The van der Waals surface area contributed by atoms with E-state index in [0.717, 1.165) is 57.0 Å². The van der Waals surface area contributed by atoms with Crippen molar-refractivity contribution >= 4 is 58.5 Å². The lowest BCUT2D eigenvalue weighted by Gasteiger charge is -2.37. The molecule has 4 unspecified atom stereocenters. The molecule has 3 aromatic carbocycles. The van der Waals surface area contributed by atoms with Crippen LogP contribution in [0, 0.1) is 52.0 Å². The zero-order chi connectivity index (χ0) is 56.5. The van der Waals surface area contributed by atoms with Crippen LogP contribution >= 0.6 is 11.6 Å². The average Bonchev–Trinajstić information content (AvgIpc) is 4.20. The fourth-order valence-corrected chi connectivity index (χ4v) is 9.71. The molecule has 0 radical (unpaired) electrons. The molecule has 78 heavy (non-hydrogen) atoms. The smallest absolute Gasteiger partial charge is 0.416 e. The second kappa shape index (κ2) is 25.3. The summed E-state index contributed by atoms with van der Waals surface area (Å²) in [6.07, 6.45) is -0.317. The molecule has 20 nitrogen and oxygen atoms in total. The van der Waals surface area contributed by atoms with Crippen LogP contribution in [0.5, 0.6) is 11.6 Å². The largest absolute Gasteiger partial charge is 0.481 e. The van der Waals surface area contributed by atoms with Gasteiger partial charge in [-0.1, -0.05) is 111 Å². The minimum Gasteiger partial charge on any atom is -0.481 e. The first-order chi connectivity index (χ1) is 37.2. The number of amides is 2. The van der Waals surface area contributed by atoms with Crippen LogP contribution in [-0.4, -0.2) is 114 Å². The third-order valence-electron chi connectivity index (χ3n) is 13.5. The van der Waals surface area contributed by atoms with Gasteiger partial charge in [0.2, 0.25) is 5.88 Å². The van der Waals surface area contributed by atoms with Crippen LogP contribution in [0.1, 0.15) is 106 Å². The molecule has 8 rings (SSSR count). The highest BCUT2D eigenvalue weighted by Crippen LogP contribution is 2.41. The van der Waals surface area contributed by atoms with Gasteiger partial charge in [-0.05, 0) is 102 Å². The lowest BCUT2D eigenvalue weighted by Crippen LogP contribution is -2.42. The molecule has 21 heteroatoms. The van der Waals surface area contributed by atoms with E-state index in [1.54, 1.807) is 25.4 Å².